The summed E-state index contributed by atoms with van der Waals surface area (Å²) in [5, 5.41) is 11.3. The summed E-state index contributed by atoms with van der Waals surface area (Å²) >= 11 is 9.37. The highest BCUT2D eigenvalue weighted by atomic mass is 79.9. The predicted molar refractivity (Wildman–Crippen MR) is 88.9 cm³/mol. The fourth-order valence-corrected chi connectivity index (χ4v) is 3.17. The number of hydrogen-bond donors (Lipinski definition) is 2. The minimum Gasteiger partial charge on any atom is -0.497 e. The van der Waals surface area contributed by atoms with E-state index in [0.29, 0.717) is 11.6 Å². The number of rotatable bonds is 5. The van der Waals surface area contributed by atoms with Crippen LogP contribution in [0.2, 0.25) is 5.02 Å². The molecule has 0 saturated heterocycles. The lowest BCUT2D eigenvalue weighted by Crippen LogP contribution is -2.20. The highest BCUT2D eigenvalue weighted by Crippen LogP contribution is 2.35. The molecule has 3 N–H and O–H groups in total. The monoisotopic (exact) mass is 369 g/mol. The normalized spacial score (nSPS) is 13.8. The molecule has 21 heavy (non-hydrogen) atoms. The molecule has 0 heterocycles. The van der Waals surface area contributed by atoms with Crippen LogP contribution < -0.4 is 10.5 Å². The second-order valence-corrected chi connectivity index (χ2v) is 6.02. The molecule has 0 fully saturated rings. The van der Waals surface area contributed by atoms with Crippen LogP contribution in [0.1, 0.15) is 23.1 Å². The second-order valence-electron chi connectivity index (χ2n) is 4.73. The van der Waals surface area contributed by atoms with E-state index in [1.54, 1.807) is 19.2 Å². The van der Waals surface area contributed by atoms with Crippen molar-refractivity contribution in [2.45, 2.75) is 12.0 Å². The van der Waals surface area contributed by atoms with Crippen molar-refractivity contribution in [2.75, 3.05) is 13.7 Å². The lowest BCUT2D eigenvalue weighted by molar-refractivity contribution is 0.146. The smallest absolute Gasteiger partial charge is 0.118 e. The molecule has 0 saturated carbocycles. The van der Waals surface area contributed by atoms with Gasteiger partial charge in [-0.3, -0.25) is 0 Å². The maximum atomic E-state index is 10.6. The van der Waals surface area contributed by atoms with Gasteiger partial charge in [0.05, 0.1) is 13.2 Å². The summed E-state index contributed by atoms with van der Waals surface area (Å²) in [7, 11) is 1.62. The van der Waals surface area contributed by atoms with Gasteiger partial charge < -0.3 is 15.6 Å². The number of nitrogens with two attached hydrogens (primary N) is 1. The molecule has 0 spiro atoms. The van der Waals surface area contributed by atoms with E-state index >= 15 is 0 Å². The highest BCUT2D eigenvalue weighted by Gasteiger charge is 2.23. The fourth-order valence-electron chi connectivity index (χ4n) is 2.26. The average molecular weight is 371 g/mol. The zero-order chi connectivity index (χ0) is 15.4. The van der Waals surface area contributed by atoms with E-state index in [0.717, 1.165) is 21.3 Å². The summed E-state index contributed by atoms with van der Waals surface area (Å²) in [6.07, 6.45) is -0.713. The summed E-state index contributed by atoms with van der Waals surface area (Å²) in [5.74, 6) is 0.574. The van der Waals surface area contributed by atoms with Crippen molar-refractivity contribution in [3.05, 3.63) is 63.1 Å². The SMILES string of the molecule is COc1ccc(C(CN)C(O)c2ccc(Cl)cc2Br)cc1. The van der Waals surface area contributed by atoms with Crippen LogP contribution in [-0.4, -0.2) is 18.8 Å². The number of aliphatic hydroxyl groups excluding tert-OH is 1. The Kier molecular flexibility index (Phi) is 5.65. The van der Waals surface area contributed by atoms with Gasteiger partial charge in [0.1, 0.15) is 5.75 Å². The van der Waals surface area contributed by atoms with E-state index in [1.807, 2.05) is 30.3 Å². The molecule has 5 heteroatoms. The lowest BCUT2D eigenvalue weighted by Gasteiger charge is -2.23. The van der Waals surface area contributed by atoms with E-state index in [4.69, 9.17) is 22.1 Å². The van der Waals surface area contributed by atoms with Crippen LogP contribution in [0.25, 0.3) is 0 Å². The molecule has 2 rings (SSSR count). The van der Waals surface area contributed by atoms with Crippen LogP contribution in [0, 0.1) is 0 Å². The largest absolute Gasteiger partial charge is 0.497 e. The third-order valence-electron chi connectivity index (χ3n) is 3.46. The van der Waals surface area contributed by atoms with Crippen molar-refractivity contribution in [1.29, 1.82) is 0 Å². The van der Waals surface area contributed by atoms with Gasteiger partial charge in [0, 0.05) is 22.0 Å². The Bertz CT molecular complexity index is 604. The van der Waals surface area contributed by atoms with E-state index < -0.39 is 6.10 Å². The molecule has 2 aromatic rings. The molecule has 0 radical (unpaired) electrons. The number of benzene rings is 2. The van der Waals surface area contributed by atoms with Gasteiger partial charge in [0.15, 0.2) is 0 Å². The van der Waals surface area contributed by atoms with Crippen molar-refractivity contribution in [3.63, 3.8) is 0 Å². The van der Waals surface area contributed by atoms with E-state index in [1.165, 1.54) is 0 Å². The van der Waals surface area contributed by atoms with Gasteiger partial charge in [0.2, 0.25) is 0 Å². The first kappa shape index (κ1) is 16.3. The van der Waals surface area contributed by atoms with Crippen molar-refractivity contribution in [2.24, 2.45) is 5.73 Å². The number of aliphatic hydroxyl groups is 1. The van der Waals surface area contributed by atoms with Crippen LogP contribution >= 0.6 is 27.5 Å². The van der Waals surface area contributed by atoms with Gasteiger partial charge in [-0.05, 0) is 35.4 Å². The summed E-state index contributed by atoms with van der Waals surface area (Å²) in [4.78, 5) is 0. The Morgan fingerprint density at radius 3 is 2.43 bits per heavy atom. The van der Waals surface area contributed by atoms with Crippen LogP contribution in [-0.2, 0) is 0 Å². The molecule has 0 aliphatic rings. The van der Waals surface area contributed by atoms with Crippen LogP contribution in [0.4, 0.5) is 0 Å². The van der Waals surface area contributed by atoms with Crippen molar-refractivity contribution in [3.8, 4) is 5.75 Å². The average Bonchev–Trinajstić information content (AvgIpc) is 2.48. The van der Waals surface area contributed by atoms with Gasteiger partial charge >= 0.3 is 0 Å². The zero-order valence-corrected chi connectivity index (χ0v) is 13.9. The van der Waals surface area contributed by atoms with E-state index in [-0.39, 0.29) is 5.92 Å². The third kappa shape index (κ3) is 3.77. The van der Waals surface area contributed by atoms with Crippen molar-refractivity contribution >= 4 is 27.5 Å². The quantitative estimate of drug-likeness (QED) is 0.839. The molecule has 0 aliphatic heterocycles. The van der Waals surface area contributed by atoms with Gasteiger partial charge in [-0.25, -0.2) is 0 Å². The number of ether oxygens (including phenoxy) is 1. The Hall–Kier alpha value is -1.07. The van der Waals surface area contributed by atoms with Crippen LogP contribution in [0.5, 0.6) is 5.75 Å². The van der Waals surface area contributed by atoms with Crippen LogP contribution in [0.15, 0.2) is 46.9 Å². The molecular formula is C16H17BrClNO2. The minimum atomic E-state index is -0.713. The standard InChI is InChI=1S/C16H17BrClNO2/c1-21-12-5-2-10(3-6-12)14(9-19)16(20)13-7-4-11(18)8-15(13)17/h2-8,14,16,20H,9,19H2,1H3. The van der Waals surface area contributed by atoms with Gasteiger partial charge in [0.25, 0.3) is 0 Å². The predicted octanol–water partition coefficient (Wildman–Crippen LogP) is 3.89. The van der Waals surface area contributed by atoms with Crippen LogP contribution in [0.3, 0.4) is 0 Å². The summed E-state index contributed by atoms with van der Waals surface area (Å²) in [6.45, 7) is 0.336. The third-order valence-corrected chi connectivity index (χ3v) is 4.38. The maximum absolute atomic E-state index is 10.6. The second kappa shape index (κ2) is 7.27. The summed E-state index contributed by atoms with van der Waals surface area (Å²) in [5.41, 5.74) is 7.60. The lowest BCUT2D eigenvalue weighted by atomic mass is 9.89. The minimum absolute atomic E-state index is 0.201. The molecule has 2 atom stereocenters. The summed E-state index contributed by atoms with van der Waals surface area (Å²) in [6, 6.07) is 12.9. The van der Waals surface area contributed by atoms with Crippen molar-refractivity contribution < 1.29 is 9.84 Å². The molecule has 112 valence electrons. The number of halogens is 2. The van der Waals surface area contributed by atoms with Gasteiger partial charge in [-0.1, -0.05) is 45.7 Å². The molecule has 2 unspecified atom stereocenters. The van der Waals surface area contributed by atoms with Crippen molar-refractivity contribution in [1.82, 2.24) is 0 Å². The molecule has 3 nitrogen and oxygen atoms in total. The Morgan fingerprint density at radius 2 is 1.90 bits per heavy atom. The number of hydrogen-bond acceptors (Lipinski definition) is 3. The number of methoxy groups -OCH3 is 1. The molecule has 0 bridgehead atoms. The highest BCUT2D eigenvalue weighted by molar-refractivity contribution is 9.10. The first-order valence-corrected chi connectivity index (χ1v) is 7.71. The molecular weight excluding hydrogens is 354 g/mol. The van der Waals surface area contributed by atoms with Gasteiger partial charge in [-0.15, -0.1) is 0 Å². The maximum Gasteiger partial charge on any atom is 0.118 e. The fraction of sp³-hybridized carbons (Fsp3) is 0.250. The molecule has 0 aromatic heterocycles. The molecule has 0 amide bonds. The van der Waals surface area contributed by atoms with E-state index in [9.17, 15) is 5.11 Å². The molecule has 0 aliphatic carbocycles. The topological polar surface area (TPSA) is 55.5 Å². The molecule has 2 aromatic carbocycles. The summed E-state index contributed by atoms with van der Waals surface area (Å²) < 4.78 is 5.92. The Labute approximate surface area is 137 Å². The van der Waals surface area contributed by atoms with Gasteiger partial charge in [-0.2, -0.15) is 0 Å². The Morgan fingerprint density at radius 1 is 1.24 bits per heavy atom. The first-order valence-electron chi connectivity index (χ1n) is 6.54. The zero-order valence-electron chi connectivity index (χ0n) is 11.6. The van der Waals surface area contributed by atoms with E-state index in [2.05, 4.69) is 15.9 Å². The Balaban J connectivity index is 2.30. The first-order chi connectivity index (χ1) is 10.1.